The smallest absolute Gasteiger partial charge is 0.317 e. The first-order valence-corrected chi connectivity index (χ1v) is 6.20. The van der Waals surface area contributed by atoms with Gasteiger partial charge in [0.1, 0.15) is 0 Å². The van der Waals surface area contributed by atoms with E-state index in [1.165, 1.54) is 0 Å². The molecule has 0 bridgehead atoms. The average Bonchev–Trinajstić information content (AvgIpc) is 2.82. The topological polar surface area (TPSA) is 45.5 Å². The monoisotopic (exact) mass is 236 g/mol. The van der Waals surface area contributed by atoms with E-state index in [1.807, 2.05) is 11.0 Å². The van der Waals surface area contributed by atoms with Gasteiger partial charge >= 0.3 is 6.03 Å². The average molecular weight is 236 g/mol. The molecule has 0 spiro atoms. The quantitative estimate of drug-likeness (QED) is 0.857. The van der Waals surface area contributed by atoms with Crippen LogP contribution in [0.15, 0.2) is 23.0 Å². The van der Waals surface area contributed by atoms with Crippen molar-refractivity contribution in [3.8, 4) is 0 Å². The van der Waals surface area contributed by atoms with Crippen molar-refractivity contribution >= 4 is 6.03 Å². The number of hydrogen-bond acceptors (Lipinski definition) is 2. The highest BCUT2D eigenvalue weighted by atomic mass is 16.3. The molecule has 17 heavy (non-hydrogen) atoms. The van der Waals surface area contributed by atoms with E-state index in [0.29, 0.717) is 18.4 Å². The highest BCUT2D eigenvalue weighted by molar-refractivity contribution is 5.74. The molecule has 1 aromatic rings. The summed E-state index contributed by atoms with van der Waals surface area (Å²) >= 11 is 0. The van der Waals surface area contributed by atoms with Crippen LogP contribution >= 0.6 is 0 Å². The molecule has 1 aromatic heterocycles. The van der Waals surface area contributed by atoms with Gasteiger partial charge in [-0.1, -0.05) is 13.8 Å². The van der Waals surface area contributed by atoms with Gasteiger partial charge in [-0.2, -0.15) is 0 Å². The SMILES string of the molecule is C[C@@H]1CCN(C(=O)NCc2ccoc2)C[C@H]1C. The van der Waals surface area contributed by atoms with Crippen LogP contribution in [0.25, 0.3) is 0 Å². The van der Waals surface area contributed by atoms with E-state index in [4.69, 9.17) is 4.42 Å². The predicted molar refractivity (Wildman–Crippen MR) is 65.5 cm³/mol. The normalized spacial score (nSPS) is 24.7. The Hall–Kier alpha value is -1.45. The Labute approximate surface area is 102 Å². The van der Waals surface area contributed by atoms with E-state index in [1.54, 1.807) is 12.5 Å². The van der Waals surface area contributed by atoms with Crippen LogP contribution < -0.4 is 5.32 Å². The molecule has 0 aliphatic carbocycles. The van der Waals surface area contributed by atoms with Crippen LogP contribution in [0.2, 0.25) is 0 Å². The number of nitrogens with zero attached hydrogens (tertiary/aromatic N) is 1. The minimum absolute atomic E-state index is 0.0324. The summed E-state index contributed by atoms with van der Waals surface area (Å²) in [4.78, 5) is 13.8. The Kier molecular flexibility index (Phi) is 3.71. The van der Waals surface area contributed by atoms with Gasteiger partial charge in [-0.15, -0.1) is 0 Å². The summed E-state index contributed by atoms with van der Waals surface area (Å²) < 4.78 is 4.96. The Morgan fingerprint density at radius 1 is 1.53 bits per heavy atom. The van der Waals surface area contributed by atoms with E-state index in [9.17, 15) is 4.79 Å². The Morgan fingerprint density at radius 2 is 2.35 bits per heavy atom. The van der Waals surface area contributed by atoms with Crippen LogP contribution in [-0.2, 0) is 6.54 Å². The van der Waals surface area contributed by atoms with E-state index in [0.717, 1.165) is 25.1 Å². The Morgan fingerprint density at radius 3 is 3.00 bits per heavy atom. The minimum atomic E-state index is 0.0324. The lowest BCUT2D eigenvalue weighted by atomic mass is 9.89. The standard InChI is InChI=1S/C13H20N2O2/c1-10-3-5-15(8-11(10)2)13(16)14-7-12-4-6-17-9-12/h4,6,9-11H,3,5,7-8H2,1-2H3,(H,14,16)/t10-,11-/m1/s1. The molecule has 1 fully saturated rings. The van der Waals surface area contributed by atoms with E-state index >= 15 is 0 Å². The number of nitrogens with one attached hydrogen (secondary N) is 1. The first-order valence-electron chi connectivity index (χ1n) is 6.20. The van der Waals surface area contributed by atoms with Gasteiger partial charge in [0.05, 0.1) is 12.5 Å². The number of amides is 2. The maximum Gasteiger partial charge on any atom is 0.317 e. The van der Waals surface area contributed by atoms with Gasteiger partial charge in [0.25, 0.3) is 0 Å². The van der Waals surface area contributed by atoms with Crippen LogP contribution in [0.5, 0.6) is 0 Å². The second-order valence-corrected chi connectivity index (χ2v) is 4.98. The second-order valence-electron chi connectivity index (χ2n) is 4.98. The first kappa shape index (κ1) is 12.0. The first-order chi connectivity index (χ1) is 8.16. The van der Waals surface area contributed by atoms with Crippen molar-refractivity contribution in [1.82, 2.24) is 10.2 Å². The number of hydrogen-bond donors (Lipinski definition) is 1. The Bertz CT molecular complexity index is 362. The zero-order valence-corrected chi connectivity index (χ0v) is 10.5. The van der Waals surface area contributed by atoms with Gasteiger partial charge < -0.3 is 14.6 Å². The molecule has 0 aromatic carbocycles. The van der Waals surface area contributed by atoms with Gasteiger partial charge in [0, 0.05) is 25.2 Å². The van der Waals surface area contributed by atoms with Crippen molar-refractivity contribution in [2.75, 3.05) is 13.1 Å². The molecule has 0 radical (unpaired) electrons. The number of urea groups is 1. The molecule has 4 nitrogen and oxygen atoms in total. The molecule has 1 aliphatic rings. The largest absolute Gasteiger partial charge is 0.472 e. The van der Waals surface area contributed by atoms with Gasteiger partial charge in [-0.3, -0.25) is 0 Å². The fraction of sp³-hybridized carbons (Fsp3) is 0.615. The highest BCUT2D eigenvalue weighted by Gasteiger charge is 2.25. The van der Waals surface area contributed by atoms with Crippen molar-refractivity contribution in [3.05, 3.63) is 24.2 Å². The van der Waals surface area contributed by atoms with Crippen molar-refractivity contribution in [3.63, 3.8) is 0 Å². The molecule has 2 atom stereocenters. The predicted octanol–water partition coefficient (Wildman–Crippen LogP) is 2.47. The number of likely N-dealkylation sites (tertiary alicyclic amines) is 1. The number of carbonyl (C=O) groups is 1. The summed E-state index contributed by atoms with van der Waals surface area (Å²) in [5.41, 5.74) is 0.997. The van der Waals surface area contributed by atoms with Crippen LogP contribution in [0.3, 0.4) is 0 Å². The molecule has 1 saturated heterocycles. The summed E-state index contributed by atoms with van der Waals surface area (Å²) in [6, 6.07) is 1.89. The summed E-state index contributed by atoms with van der Waals surface area (Å²) in [5, 5.41) is 2.92. The lowest BCUT2D eigenvalue weighted by Crippen LogP contribution is -2.46. The number of furan rings is 1. The zero-order valence-electron chi connectivity index (χ0n) is 10.5. The van der Waals surface area contributed by atoms with E-state index in [-0.39, 0.29) is 6.03 Å². The van der Waals surface area contributed by atoms with Crippen molar-refractivity contribution in [1.29, 1.82) is 0 Å². The summed E-state index contributed by atoms with van der Waals surface area (Å²) in [5.74, 6) is 1.30. The van der Waals surface area contributed by atoms with E-state index < -0.39 is 0 Å². The molecular weight excluding hydrogens is 216 g/mol. The third kappa shape index (κ3) is 3.02. The van der Waals surface area contributed by atoms with E-state index in [2.05, 4.69) is 19.2 Å². The fourth-order valence-electron chi connectivity index (χ4n) is 2.13. The van der Waals surface area contributed by atoms with Gasteiger partial charge in [-0.25, -0.2) is 4.79 Å². The Balaban J connectivity index is 1.80. The highest BCUT2D eigenvalue weighted by Crippen LogP contribution is 2.22. The molecule has 0 unspecified atom stereocenters. The minimum Gasteiger partial charge on any atom is -0.472 e. The summed E-state index contributed by atoms with van der Waals surface area (Å²) in [6.07, 6.45) is 4.37. The lowest BCUT2D eigenvalue weighted by molar-refractivity contribution is 0.144. The molecule has 0 saturated carbocycles. The number of piperidine rings is 1. The molecule has 4 heteroatoms. The van der Waals surface area contributed by atoms with Gasteiger partial charge in [0.15, 0.2) is 0 Å². The number of carbonyl (C=O) groups excluding carboxylic acids is 1. The lowest BCUT2D eigenvalue weighted by Gasteiger charge is -2.35. The van der Waals surface area contributed by atoms with Crippen molar-refractivity contribution < 1.29 is 9.21 Å². The third-order valence-electron chi connectivity index (χ3n) is 3.65. The summed E-state index contributed by atoms with van der Waals surface area (Å²) in [7, 11) is 0. The van der Waals surface area contributed by atoms with Crippen LogP contribution in [-0.4, -0.2) is 24.0 Å². The van der Waals surface area contributed by atoms with Crippen LogP contribution in [0, 0.1) is 11.8 Å². The maximum atomic E-state index is 11.9. The van der Waals surface area contributed by atoms with Gasteiger partial charge in [0.2, 0.25) is 0 Å². The second kappa shape index (κ2) is 5.25. The maximum absolute atomic E-state index is 11.9. The molecule has 1 aliphatic heterocycles. The molecule has 2 amide bonds. The van der Waals surface area contributed by atoms with Crippen molar-refractivity contribution in [2.45, 2.75) is 26.8 Å². The van der Waals surface area contributed by atoms with Crippen LogP contribution in [0.1, 0.15) is 25.8 Å². The molecular formula is C13H20N2O2. The number of rotatable bonds is 2. The third-order valence-corrected chi connectivity index (χ3v) is 3.65. The molecule has 2 rings (SSSR count). The molecule has 2 heterocycles. The van der Waals surface area contributed by atoms with Crippen molar-refractivity contribution in [2.24, 2.45) is 11.8 Å². The molecule has 1 N–H and O–H groups in total. The summed E-state index contributed by atoms with van der Waals surface area (Å²) in [6.45, 7) is 6.72. The fourth-order valence-corrected chi connectivity index (χ4v) is 2.13. The van der Waals surface area contributed by atoms with Crippen LogP contribution in [0.4, 0.5) is 4.79 Å². The molecule has 94 valence electrons. The zero-order chi connectivity index (χ0) is 12.3. The van der Waals surface area contributed by atoms with Gasteiger partial charge in [-0.05, 0) is 24.3 Å².